The van der Waals surface area contributed by atoms with Crippen LogP contribution in [0.15, 0.2) is 0 Å². The lowest BCUT2D eigenvalue weighted by Crippen LogP contribution is -2.48. The molecule has 0 bridgehead atoms. The van der Waals surface area contributed by atoms with Gasteiger partial charge >= 0.3 is 24.3 Å². The van der Waals surface area contributed by atoms with Gasteiger partial charge in [-0.2, -0.15) is 0 Å². The lowest BCUT2D eigenvalue weighted by Gasteiger charge is -2.29. The van der Waals surface area contributed by atoms with Crippen molar-refractivity contribution in [3.05, 3.63) is 0 Å². The van der Waals surface area contributed by atoms with Gasteiger partial charge in [-0.05, 0) is 0 Å². The van der Waals surface area contributed by atoms with Gasteiger partial charge in [-0.25, -0.2) is 14.4 Å². The Balaban J connectivity index is 4.98. The normalized spacial score (nSPS) is 10.0. The summed E-state index contributed by atoms with van der Waals surface area (Å²) in [4.78, 5) is 33.5. The molecule has 0 aliphatic heterocycles. The Morgan fingerprint density at radius 2 is 1.11 bits per heavy atom. The first-order valence-corrected chi connectivity index (χ1v) is 5.15. The van der Waals surface area contributed by atoms with Crippen molar-refractivity contribution in [1.29, 1.82) is 0 Å². The molecule has 0 aliphatic rings. The number of ether oxygens (including phenoxy) is 3. The third-order valence-corrected chi connectivity index (χ3v) is 1.79. The van der Waals surface area contributed by atoms with Crippen LogP contribution in [0.5, 0.6) is 0 Å². The molecule has 0 spiro atoms. The van der Waals surface area contributed by atoms with Crippen LogP contribution >= 0.6 is 0 Å². The molecular formula is C9H17N3O6. The van der Waals surface area contributed by atoms with Crippen molar-refractivity contribution in [2.45, 2.75) is 19.3 Å². The summed E-state index contributed by atoms with van der Waals surface area (Å²) in [5.74, 6) is -2.12. The van der Waals surface area contributed by atoms with Crippen LogP contribution in [-0.2, 0) is 14.2 Å². The van der Waals surface area contributed by atoms with Crippen LogP contribution in [0.25, 0.3) is 0 Å². The zero-order valence-electron chi connectivity index (χ0n) is 10.7. The second kappa shape index (κ2) is 7.20. The molecule has 18 heavy (non-hydrogen) atoms. The maximum atomic E-state index is 11.2. The molecule has 0 aromatic rings. The van der Waals surface area contributed by atoms with Crippen LogP contribution in [0.1, 0.15) is 13.3 Å². The van der Waals surface area contributed by atoms with Gasteiger partial charge in [0.15, 0.2) is 0 Å². The van der Waals surface area contributed by atoms with E-state index in [2.05, 4.69) is 16.0 Å². The average molecular weight is 263 g/mol. The summed E-state index contributed by atoms with van der Waals surface area (Å²) in [7, 11) is 3.92. The molecule has 0 heterocycles. The molecule has 9 nitrogen and oxygen atoms in total. The van der Waals surface area contributed by atoms with Gasteiger partial charge in [0.1, 0.15) is 0 Å². The third kappa shape index (κ3) is 4.76. The number of alkyl carbamates (subject to hydrolysis) is 3. The molecule has 0 radical (unpaired) electrons. The van der Waals surface area contributed by atoms with Crippen molar-refractivity contribution in [3.8, 4) is 0 Å². The molecule has 0 aromatic heterocycles. The minimum atomic E-state index is -2.12. The topological polar surface area (TPSA) is 115 Å². The Hall–Kier alpha value is -2.19. The van der Waals surface area contributed by atoms with Crippen LogP contribution in [0.2, 0.25) is 0 Å². The highest BCUT2D eigenvalue weighted by Gasteiger charge is 2.41. The highest BCUT2D eigenvalue weighted by atomic mass is 16.9. The Kier molecular flexibility index (Phi) is 6.32. The summed E-state index contributed by atoms with van der Waals surface area (Å²) >= 11 is 0. The first-order valence-electron chi connectivity index (χ1n) is 5.15. The Morgan fingerprint density at radius 1 is 0.833 bits per heavy atom. The molecule has 0 saturated heterocycles. The van der Waals surface area contributed by atoms with Crippen LogP contribution in [0.4, 0.5) is 14.4 Å². The van der Waals surface area contributed by atoms with Crippen molar-refractivity contribution < 1.29 is 28.6 Å². The first kappa shape index (κ1) is 15.8. The lowest BCUT2D eigenvalue weighted by atomic mass is 10.4. The molecular weight excluding hydrogens is 246 g/mol. The van der Waals surface area contributed by atoms with Gasteiger partial charge in [-0.3, -0.25) is 0 Å². The quantitative estimate of drug-likeness (QED) is 0.620. The second-order valence-corrected chi connectivity index (χ2v) is 2.96. The van der Waals surface area contributed by atoms with Gasteiger partial charge in [0.2, 0.25) is 0 Å². The molecule has 0 saturated carbocycles. The summed E-state index contributed by atoms with van der Waals surface area (Å²) in [6, 6.07) is 0. The molecule has 0 aromatic carbocycles. The Morgan fingerprint density at radius 3 is 1.28 bits per heavy atom. The van der Waals surface area contributed by atoms with Crippen molar-refractivity contribution in [2.24, 2.45) is 0 Å². The summed E-state index contributed by atoms with van der Waals surface area (Å²) < 4.78 is 14.3. The van der Waals surface area contributed by atoms with Crippen LogP contribution in [-0.4, -0.2) is 45.4 Å². The van der Waals surface area contributed by atoms with E-state index in [1.54, 1.807) is 0 Å². The highest BCUT2D eigenvalue weighted by molar-refractivity contribution is 5.71. The van der Waals surface area contributed by atoms with Crippen molar-refractivity contribution >= 4 is 18.3 Å². The summed E-state index contributed by atoms with van der Waals surface area (Å²) in [5.41, 5.74) is 0. The van der Waals surface area contributed by atoms with E-state index in [0.29, 0.717) is 0 Å². The fourth-order valence-corrected chi connectivity index (χ4v) is 0.856. The maximum absolute atomic E-state index is 11.2. The van der Waals surface area contributed by atoms with E-state index in [0.717, 1.165) is 0 Å². The fraction of sp³-hybridized carbons (Fsp3) is 0.667. The van der Waals surface area contributed by atoms with Gasteiger partial charge in [-0.15, -0.1) is 0 Å². The van der Waals surface area contributed by atoms with Gasteiger partial charge in [0.25, 0.3) is 0 Å². The molecule has 3 N–H and O–H groups in total. The maximum Gasteiger partial charge on any atom is 0.426 e. The van der Waals surface area contributed by atoms with E-state index in [4.69, 9.17) is 14.2 Å². The summed E-state index contributed by atoms with van der Waals surface area (Å²) in [6.07, 6.45) is -2.82. The largest absolute Gasteiger partial charge is 0.426 e. The molecule has 9 heteroatoms. The van der Waals surface area contributed by atoms with E-state index in [1.165, 1.54) is 28.1 Å². The minimum Gasteiger partial charge on any atom is -0.371 e. The van der Waals surface area contributed by atoms with E-state index < -0.39 is 24.3 Å². The van der Waals surface area contributed by atoms with Gasteiger partial charge < -0.3 is 30.2 Å². The third-order valence-electron chi connectivity index (χ3n) is 1.79. The second-order valence-electron chi connectivity index (χ2n) is 2.96. The Bertz CT molecular complexity index is 274. The summed E-state index contributed by atoms with van der Waals surface area (Å²) in [5, 5.41) is 6.46. The van der Waals surface area contributed by atoms with Crippen molar-refractivity contribution in [1.82, 2.24) is 16.0 Å². The SMILES string of the molecule is CCC(OC(=O)NC)(OC(=O)NC)OC(=O)NC. The lowest BCUT2D eigenvalue weighted by molar-refractivity contribution is -0.299. The van der Waals surface area contributed by atoms with Crippen molar-refractivity contribution in [3.63, 3.8) is 0 Å². The number of carbonyl (C=O) groups is 3. The molecule has 0 atom stereocenters. The van der Waals surface area contributed by atoms with E-state index >= 15 is 0 Å². The molecule has 0 fully saturated rings. The van der Waals surface area contributed by atoms with E-state index in [9.17, 15) is 14.4 Å². The molecule has 3 amide bonds. The number of hydrogen-bond acceptors (Lipinski definition) is 6. The van der Waals surface area contributed by atoms with E-state index in [-0.39, 0.29) is 6.42 Å². The zero-order valence-corrected chi connectivity index (χ0v) is 10.7. The number of amides is 3. The zero-order chi connectivity index (χ0) is 14.2. The average Bonchev–Trinajstić information content (AvgIpc) is 2.37. The monoisotopic (exact) mass is 263 g/mol. The van der Waals surface area contributed by atoms with Gasteiger partial charge in [0, 0.05) is 21.1 Å². The highest BCUT2D eigenvalue weighted by Crippen LogP contribution is 2.20. The number of rotatable bonds is 4. The molecule has 0 unspecified atom stereocenters. The fourth-order valence-electron chi connectivity index (χ4n) is 0.856. The number of hydrogen-bond donors (Lipinski definition) is 3. The van der Waals surface area contributed by atoms with E-state index in [1.807, 2.05) is 0 Å². The smallest absolute Gasteiger partial charge is 0.371 e. The molecule has 0 rings (SSSR count). The van der Waals surface area contributed by atoms with Gasteiger partial charge in [0.05, 0.1) is 6.42 Å². The van der Waals surface area contributed by atoms with Crippen LogP contribution < -0.4 is 16.0 Å². The predicted molar refractivity (Wildman–Crippen MR) is 59.6 cm³/mol. The van der Waals surface area contributed by atoms with Crippen LogP contribution in [0, 0.1) is 0 Å². The summed E-state index contributed by atoms with van der Waals surface area (Å²) in [6.45, 7) is 1.51. The van der Waals surface area contributed by atoms with Gasteiger partial charge in [-0.1, -0.05) is 6.92 Å². The number of nitrogens with one attached hydrogen (secondary N) is 3. The Labute approximate surface area is 104 Å². The number of carbonyl (C=O) groups excluding carboxylic acids is 3. The molecule has 0 aliphatic carbocycles. The standard InChI is InChI=1S/C9H17N3O6/c1-5-9(16-6(13)10-2,17-7(14)11-3)18-8(15)12-4/h5H2,1-4H3,(H,10,13)(H,11,14)(H,12,15). The first-order chi connectivity index (χ1) is 8.42. The van der Waals surface area contributed by atoms with Crippen molar-refractivity contribution in [2.75, 3.05) is 21.1 Å². The molecule has 104 valence electrons. The van der Waals surface area contributed by atoms with Crippen LogP contribution in [0.3, 0.4) is 0 Å². The predicted octanol–water partition coefficient (Wildman–Crippen LogP) is 0.118. The minimum absolute atomic E-state index is 0.0821.